The van der Waals surface area contributed by atoms with Crippen LogP contribution in [-0.2, 0) is 4.79 Å². The first-order valence-corrected chi connectivity index (χ1v) is 8.30. The number of nitrogens with one attached hydrogen (secondary N) is 1. The first-order valence-electron chi connectivity index (χ1n) is 6.34. The van der Waals surface area contributed by atoms with E-state index in [1.165, 1.54) is 6.21 Å². The fourth-order valence-corrected chi connectivity index (χ4v) is 3.03. The Morgan fingerprint density at radius 1 is 1.35 bits per heavy atom. The molecule has 120 valence electrons. The summed E-state index contributed by atoms with van der Waals surface area (Å²) in [5.41, 5.74) is 2.76. The van der Waals surface area contributed by atoms with Gasteiger partial charge >= 0.3 is 0 Å². The van der Waals surface area contributed by atoms with Crippen LogP contribution in [0.5, 0.6) is 11.5 Å². The number of phenolic OH excluding ortho intramolecular Hbond substituents is 1. The third-order valence-electron chi connectivity index (χ3n) is 2.62. The van der Waals surface area contributed by atoms with Crippen LogP contribution in [0.2, 0.25) is 5.02 Å². The molecule has 0 radical (unpaired) electrons. The molecule has 5 nitrogen and oxygen atoms in total. The van der Waals surface area contributed by atoms with E-state index in [1.807, 2.05) is 0 Å². The number of nitrogens with zero attached hydrogens (tertiary/aromatic N) is 1. The topological polar surface area (TPSA) is 70.9 Å². The zero-order valence-corrected chi connectivity index (χ0v) is 15.5. The van der Waals surface area contributed by atoms with Crippen molar-refractivity contribution >= 4 is 55.6 Å². The molecular formula is C15H11Br2ClN2O3. The van der Waals surface area contributed by atoms with Crippen molar-refractivity contribution in [3.05, 3.63) is 55.9 Å². The summed E-state index contributed by atoms with van der Waals surface area (Å²) >= 11 is 12.3. The SMILES string of the molecule is O=C(COc1cccc(Cl)c1)N/N=C\c1cc(Br)cc(Br)c1O. The Bertz CT molecular complexity index is 753. The molecule has 0 aliphatic carbocycles. The molecule has 0 aromatic heterocycles. The molecule has 2 N–H and O–H groups in total. The molecule has 8 heteroatoms. The Morgan fingerprint density at radius 3 is 2.87 bits per heavy atom. The van der Waals surface area contributed by atoms with Crippen LogP contribution in [0, 0.1) is 0 Å². The predicted molar refractivity (Wildman–Crippen MR) is 96.2 cm³/mol. The van der Waals surface area contributed by atoms with E-state index in [0.717, 1.165) is 4.47 Å². The minimum atomic E-state index is -0.435. The summed E-state index contributed by atoms with van der Waals surface area (Å²) < 4.78 is 6.56. The monoisotopic (exact) mass is 460 g/mol. The molecule has 0 fully saturated rings. The third-order valence-corrected chi connectivity index (χ3v) is 3.91. The summed E-state index contributed by atoms with van der Waals surface area (Å²) in [5, 5.41) is 14.2. The zero-order valence-electron chi connectivity index (χ0n) is 11.6. The average Bonchev–Trinajstić information content (AvgIpc) is 2.50. The highest BCUT2D eigenvalue weighted by molar-refractivity contribution is 9.11. The Balaban J connectivity index is 1.89. The van der Waals surface area contributed by atoms with Crippen LogP contribution in [0.15, 0.2) is 50.4 Å². The second-order valence-corrected chi connectivity index (χ2v) is 6.57. The maximum atomic E-state index is 11.6. The highest BCUT2D eigenvalue weighted by atomic mass is 79.9. The molecule has 0 atom stereocenters. The molecule has 2 rings (SSSR count). The van der Waals surface area contributed by atoms with E-state index in [0.29, 0.717) is 20.8 Å². The van der Waals surface area contributed by atoms with E-state index in [9.17, 15) is 9.90 Å². The first kappa shape index (κ1) is 17.8. The number of benzene rings is 2. The lowest BCUT2D eigenvalue weighted by molar-refractivity contribution is -0.123. The van der Waals surface area contributed by atoms with Gasteiger partial charge in [-0.1, -0.05) is 33.6 Å². The maximum absolute atomic E-state index is 11.6. The molecule has 2 aromatic carbocycles. The van der Waals surface area contributed by atoms with Gasteiger partial charge in [-0.25, -0.2) is 5.43 Å². The Morgan fingerprint density at radius 2 is 2.13 bits per heavy atom. The normalized spacial score (nSPS) is 10.7. The van der Waals surface area contributed by atoms with E-state index >= 15 is 0 Å². The van der Waals surface area contributed by atoms with E-state index in [1.54, 1.807) is 36.4 Å². The summed E-state index contributed by atoms with van der Waals surface area (Å²) in [5.74, 6) is 0.0846. The second-order valence-electron chi connectivity index (χ2n) is 4.36. The molecule has 0 spiro atoms. The van der Waals surface area contributed by atoms with Crippen LogP contribution in [0.3, 0.4) is 0 Å². The van der Waals surface area contributed by atoms with Crippen LogP contribution in [-0.4, -0.2) is 23.8 Å². The fraction of sp³-hybridized carbons (Fsp3) is 0.0667. The zero-order chi connectivity index (χ0) is 16.8. The smallest absolute Gasteiger partial charge is 0.277 e. The molecule has 0 saturated heterocycles. The maximum Gasteiger partial charge on any atom is 0.277 e. The average molecular weight is 463 g/mol. The number of amides is 1. The molecule has 0 saturated carbocycles. The van der Waals surface area contributed by atoms with Gasteiger partial charge in [0.15, 0.2) is 6.61 Å². The molecule has 23 heavy (non-hydrogen) atoms. The minimum Gasteiger partial charge on any atom is -0.506 e. The Labute approximate surface area is 154 Å². The number of aromatic hydroxyl groups is 1. The van der Waals surface area contributed by atoms with Crippen molar-refractivity contribution < 1.29 is 14.6 Å². The lowest BCUT2D eigenvalue weighted by Gasteiger charge is -2.05. The van der Waals surface area contributed by atoms with Gasteiger partial charge < -0.3 is 9.84 Å². The van der Waals surface area contributed by atoms with Crippen molar-refractivity contribution in [2.24, 2.45) is 5.10 Å². The largest absolute Gasteiger partial charge is 0.506 e. The van der Waals surface area contributed by atoms with Gasteiger partial charge in [0, 0.05) is 15.1 Å². The molecule has 0 aliphatic heterocycles. The Hall–Kier alpha value is -1.57. The van der Waals surface area contributed by atoms with Crippen LogP contribution in [0.4, 0.5) is 0 Å². The van der Waals surface area contributed by atoms with Gasteiger partial charge in [-0.2, -0.15) is 5.10 Å². The van der Waals surface area contributed by atoms with Gasteiger partial charge in [0.1, 0.15) is 11.5 Å². The number of rotatable bonds is 5. The molecule has 0 heterocycles. The number of carbonyl (C=O) groups is 1. The van der Waals surface area contributed by atoms with Crippen molar-refractivity contribution in [1.29, 1.82) is 0 Å². The summed E-state index contributed by atoms with van der Waals surface area (Å²) in [6.07, 6.45) is 1.34. The minimum absolute atomic E-state index is 0.0291. The van der Waals surface area contributed by atoms with Gasteiger partial charge in [-0.05, 0) is 46.3 Å². The van der Waals surface area contributed by atoms with Gasteiger partial charge in [-0.3, -0.25) is 4.79 Å². The van der Waals surface area contributed by atoms with Crippen molar-refractivity contribution in [1.82, 2.24) is 5.43 Å². The van der Waals surface area contributed by atoms with Crippen LogP contribution in [0.1, 0.15) is 5.56 Å². The summed E-state index contributed by atoms with van der Waals surface area (Å²) in [6.45, 7) is -0.203. The number of hydrogen-bond acceptors (Lipinski definition) is 4. The van der Waals surface area contributed by atoms with E-state index in [-0.39, 0.29) is 12.4 Å². The predicted octanol–water partition coefficient (Wildman–Crippen LogP) is 4.10. The summed E-state index contributed by atoms with van der Waals surface area (Å²) in [7, 11) is 0. The number of ether oxygens (including phenoxy) is 1. The number of hydrazone groups is 1. The summed E-state index contributed by atoms with van der Waals surface area (Å²) in [6, 6.07) is 10.1. The van der Waals surface area contributed by atoms with Crippen LogP contribution < -0.4 is 10.2 Å². The van der Waals surface area contributed by atoms with Crippen molar-refractivity contribution in [3.8, 4) is 11.5 Å². The highest BCUT2D eigenvalue weighted by Gasteiger charge is 2.06. The summed E-state index contributed by atoms with van der Waals surface area (Å²) in [4.78, 5) is 11.6. The highest BCUT2D eigenvalue weighted by Crippen LogP contribution is 2.30. The third kappa shape index (κ3) is 5.53. The van der Waals surface area contributed by atoms with Crippen LogP contribution in [0.25, 0.3) is 0 Å². The first-order chi connectivity index (χ1) is 11.0. The van der Waals surface area contributed by atoms with Gasteiger partial charge in [0.05, 0.1) is 10.7 Å². The van der Waals surface area contributed by atoms with E-state index in [4.69, 9.17) is 16.3 Å². The molecule has 2 aromatic rings. The molecular weight excluding hydrogens is 451 g/mol. The van der Waals surface area contributed by atoms with E-state index < -0.39 is 5.91 Å². The molecule has 1 amide bonds. The molecule has 0 aliphatic rings. The standard InChI is InChI=1S/C15H11Br2ClN2O3/c16-10-4-9(15(22)13(17)5-10)7-19-20-14(21)8-23-12-3-1-2-11(18)6-12/h1-7,22H,8H2,(H,20,21)/b19-7-. The van der Waals surface area contributed by atoms with Gasteiger partial charge in [0.2, 0.25) is 0 Å². The van der Waals surface area contributed by atoms with Crippen molar-refractivity contribution in [2.45, 2.75) is 0 Å². The number of halogens is 3. The van der Waals surface area contributed by atoms with Gasteiger partial charge in [0.25, 0.3) is 5.91 Å². The quantitative estimate of drug-likeness (QED) is 0.519. The fourth-order valence-electron chi connectivity index (χ4n) is 1.60. The lowest BCUT2D eigenvalue weighted by atomic mass is 10.2. The van der Waals surface area contributed by atoms with Crippen molar-refractivity contribution in [3.63, 3.8) is 0 Å². The second kappa shape index (κ2) is 8.33. The van der Waals surface area contributed by atoms with Crippen LogP contribution >= 0.6 is 43.5 Å². The Kier molecular flexibility index (Phi) is 6.44. The van der Waals surface area contributed by atoms with Gasteiger partial charge in [-0.15, -0.1) is 0 Å². The van der Waals surface area contributed by atoms with Crippen molar-refractivity contribution in [2.75, 3.05) is 6.61 Å². The molecule has 0 unspecified atom stereocenters. The number of carbonyl (C=O) groups excluding carboxylic acids is 1. The van der Waals surface area contributed by atoms with E-state index in [2.05, 4.69) is 42.4 Å². The lowest BCUT2D eigenvalue weighted by Crippen LogP contribution is -2.24. The number of phenols is 1. The molecule has 0 bridgehead atoms. The number of hydrogen-bond donors (Lipinski definition) is 2.